The summed E-state index contributed by atoms with van der Waals surface area (Å²) < 4.78 is 19.6. The van der Waals surface area contributed by atoms with Crippen molar-refractivity contribution in [2.24, 2.45) is 0 Å². The number of nitrogens with zero attached hydrogens (tertiary/aromatic N) is 2. The van der Waals surface area contributed by atoms with Gasteiger partial charge in [0, 0.05) is 18.6 Å². The summed E-state index contributed by atoms with van der Waals surface area (Å²) in [6, 6.07) is 8.92. The van der Waals surface area contributed by atoms with Gasteiger partial charge in [-0.1, -0.05) is 17.7 Å². The Morgan fingerprint density at radius 1 is 1.15 bits per heavy atom. The predicted molar refractivity (Wildman–Crippen MR) is 102 cm³/mol. The number of nitrogens with one attached hydrogen (secondary N) is 2. The molecule has 1 aromatic heterocycles. The summed E-state index contributed by atoms with van der Waals surface area (Å²) in [7, 11) is 0. The molecular formula is C17H15ClN4O3S. The number of amides is 1. The third-order valence-corrected chi connectivity index (χ3v) is 4.69. The zero-order chi connectivity index (χ0) is 17.9. The lowest BCUT2D eigenvalue weighted by atomic mass is 10.2. The molecule has 0 bridgehead atoms. The van der Waals surface area contributed by atoms with Crippen molar-refractivity contribution in [3.05, 3.63) is 35.4 Å². The van der Waals surface area contributed by atoms with Gasteiger partial charge in [-0.25, -0.2) is 0 Å². The zero-order valence-corrected chi connectivity index (χ0v) is 15.2. The zero-order valence-electron chi connectivity index (χ0n) is 13.6. The molecule has 1 aliphatic heterocycles. The molecule has 0 unspecified atom stereocenters. The van der Waals surface area contributed by atoms with Gasteiger partial charge in [0.2, 0.25) is 5.91 Å². The molecule has 26 heavy (non-hydrogen) atoms. The molecule has 4 rings (SSSR count). The molecule has 0 saturated carbocycles. The van der Waals surface area contributed by atoms with Crippen molar-refractivity contribution < 1.29 is 14.3 Å². The maximum Gasteiger partial charge on any atom is 0.243 e. The predicted octanol–water partition coefficient (Wildman–Crippen LogP) is 3.56. The second-order valence-corrected chi connectivity index (χ2v) is 6.60. The third kappa shape index (κ3) is 3.51. The van der Waals surface area contributed by atoms with Crippen LogP contribution in [0.1, 0.15) is 6.42 Å². The van der Waals surface area contributed by atoms with Crippen LogP contribution < -0.4 is 20.1 Å². The Balaban J connectivity index is 1.44. The number of ether oxygens (including phenoxy) is 2. The van der Waals surface area contributed by atoms with Crippen LogP contribution in [0.5, 0.6) is 11.5 Å². The highest BCUT2D eigenvalue weighted by molar-refractivity contribution is 7.00. The van der Waals surface area contributed by atoms with Gasteiger partial charge in [-0.15, -0.1) is 0 Å². The SMILES string of the molecule is O=C(CNc1cc2c(cc1Cl)OCCCO2)Nc1cccc2nsnc12. The van der Waals surface area contributed by atoms with Gasteiger partial charge in [0.15, 0.2) is 11.5 Å². The van der Waals surface area contributed by atoms with Crippen molar-refractivity contribution in [1.29, 1.82) is 0 Å². The minimum Gasteiger partial charge on any atom is -0.490 e. The van der Waals surface area contributed by atoms with Crippen molar-refractivity contribution in [3.63, 3.8) is 0 Å². The van der Waals surface area contributed by atoms with Crippen molar-refractivity contribution in [3.8, 4) is 11.5 Å². The fraction of sp³-hybridized carbons (Fsp3) is 0.235. The van der Waals surface area contributed by atoms with Crippen LogP contribution in [0.25, 0.3) is 11.0 Å². The van der Waals surface area contributed by atoms with Gasteiger partial charge in [0.25, 0.3) is 0 Å². The fourth-order valence-corrected chi connectivity index (χ4v) is 3.37. The van der Waals surface area contributed by atoms with Crippen LogP contribution in [-0.4, -0.2) is 34.4 Å². The largest absolute Gasteiger partial charge is 0.490 e. The van der Waals surface area contributed by atoms with E-state index >= 15 is 0 Å². The van der Waals surface area contributed by atoms with Gasteiger partial charge in [0.1, 0.15) is 11.0 Å². The van der Waals surface area contributed by atoms with Crippen molar-refractivity contribution in [2.45, 2.75) is 6.42 Å². The summed E-state index contributed by atoms with van der Waals surface area (Å²) in [4.78, 5) is 12.3. The molecule has 3 aromatic rings. The lowest BCUT2D eigenvalue weighted by Gasteiger charge is -2.13. The quantitative estimate of drug-likeness (QED) is 0.708. The first-order valence-corrected chi connectivity index (χ1v) is 9.16. The van der Waals surface area contributed by atoms with E-state index in [-0.39, 0.29) is 12.5 Å². The molecule has 0 aliphatic carbocycles. The second-order valence-electron chi connectivity index (χ2n) is 5.67. The molecule has 7 nitrogen and oxygen atoms in total. The molecule has 1 amide bonds. The summed E-state index contributed by atoms with van der Waals surface area (Å²) in [6.07, 6.45) is 0.814. The molecule has 0 atom stereocenters. The lowest BCUT2D eigenvalue weighted by molar-refractivity contribution is -0.114. The van der Waals surface area contributed by atoms with E-state index in [0.717, 1.165) is 23.7 Å². The lowest BCUT2D eigenvalue weighted by Crippen LogP contribution is -2.22. The van der Waals surface area contributed by atoms with Crippen LogP contribution in [0.4, 0.5) is 11.4 Å². The van der Waals surface area contributed by atoms with Crippen LogP contribution >= 0.6 is 23.3 Å². The number of hydrogen-bond acceptors (Lipinski definition) is 7. The first-order valence-electron chi connectivity index (χ1n) is 8.05. The van der Waals surface area contributed by atoms with Gasteiger partial charge in [-0.2, -0.15) is 8.75 Å². The molecule has 0 saturated heterocycles. The van der Waals surface area contributed by atoms with Gasteiger partial charge in [-0.05, 0) is 12.1 Å². The van der Waals surface area contributed by atoms with E-state index in [1.54, 1.807) is 18.2 Å². The number of fused-ring (bicyclic) bond motifs is 2. The number of rotatable bonds is 4. The normalized spacial score (nSPS) is 13.3. The Hall–Kier alpha value is -2.58. The van der Waals surface area contributed by atoms with Crippen LogP contribution in [0.15, 0.2) is 30.3 Å². The highest BCUT2D eigenvalue weighted by atomic mass is 35.5. The van der Waals surface area contributed by atoms with Gasteiger partial charge in [-0.3, -0.25) is 4.79 Å². The van der Waals surface area contributed by atoms with E-state index in [0.29, 0.717) is 46.6 Å². The van der Waals surface area contributed by atoms with Gasteiger partial charge >= 0.3 is 0 Å². The Labute approximate surface area is 158 Å². The number of hydrogen-bond donors (Lipinski definition) is 2. The monoisotopic (exact) mass is 390 g/mol. The number of aromatic nitrogens is 2. The third-order valence-electron chi connectivity index (χ3n) is 3.84. The highest BCUT2D eigenvalue weighted by Crippen LogP contribution is 2.37. The van der Waals surface area contributed by atoms with Gasteiger partial charge < -0.3 is 20.1 Å². The molecule has 134 valence electrons. The second kappa shape index (κ2) is 7.35. The fourth-order valence-electron chi connectivity index (χ4n) is 2.60. The van der Waals surface area contributed by atoms with Crippen molar-refractivity contribution in [2.75, 3.05) is 30.4 Å². The summed E-state index contributed by atoms with van der Waals surface area (Å²) in [5.74, 6) is 1.02. The first-order chi connectivity index (χ1) is 12.7. The van der Waals surface area contributed by atoms with Crippen molar-refractivity contribution in [1.82, 2.24) is 8.75 Å². The average molecular weight is 391 g/mol. The number of anilines is 2. The standard InChI is InChI=1S/C17H15ClN4O3S/c18-10-7-14-15(25-6-2-5-24-14)8-13(10)19-9-16(23)20-11-3-1-4-12-17(11)22-26-21-12/h1,3-4,7-8,19H,2,5-6,9H2,(H,20,23). The number of carbonyl (C=O) groups is 1. The minimum atomic E-state index is -0.214. The maximum atomic E-state index is 12.3. The summed E-state index contributed by atoms with van der Waals surface area (Å²) >= 11 is 7.39. The molecule has 0 fully saturated rings. The van der Waals surface area contributed by atoms with Crippen LogP contribution in [0.2, 0.25) is 5.02 Å². The molecule has 2 aromatic carbocycles. The van der Waals surface area contributed by atoms with Crippen LogP contribution in [0.3, 0.4) is 0 Å². The molecule has 0 spiro atoms. The summed E-state index contributed by atoms with van der Waals surface area (Å²) in [6.45, 7) is 1.23. The molecule has 9 heteroatoms. The molecule has 1 aliphatic rings. The smallest absolute Gasteiger partial charge is 0.243 e. The first kappa shape index (κ1) is 16.9. The van der Waals surface area contributed by atoms with Gasteiger partial charge in [0.05, 0.1) is 47.9 Å². The molecular weight excluding hydrogens is 376 g/mol. The van der Waals surface area contributed by atoms with E-state index in [1.165, 1.54) is 0 Å². The summed E-state index contributed by atoms with van der Waals surface area (Å²) in [5.41, 5.74) is 2.68. The molecule has 0 radical (unpaired) electrons. The Kier molecular flexibility index (Phi) is 4.77. The van der Waals surface area contributed by atoms with E-state index in [9.17, 15) is 4.79 Å². The number of benzene rings is 2. The summed E-state index contributed by atoms with van der Waals surface area (Å²) in [5, 5.41) is 6.33. The van der Waals surface area contributed by atoms with E-state index < -0.39 is 0 Å². The van der Waals surface area contributed by atoms with E-state index in [4.69, 9.17) is 21.1 Å². The Morgan fingerprint density at radius 3 is 2.81 bits per heavy atom. The number of halogens is 1. The minimum absolute atomic E-state index is 0.0489. The Morgan fingerprint density at radius 2 is 1.96 bits per heavy atom. The topological polar surface area (TPSA) is 85.4 Å². The molecule has 2 N–H and O–H groups in total. The average Bonchev–Trinajstić information content (AvgIpc) is 3.01. The van der Waals surface area contributed by atoms with E-state index in [1.807, 2.05) is 12.1 Å². The number of carbonyl (C=O) groups excluding carboxylic acids is 1. The van der Waals surface area contributed by atoms with Crippen molar-refractivity contribution >= 4 is 51.6 Å². The highest BCUT2D eigenvalue weighted by Gasteiger charge is 2.15. The van der Waals surface area contributed by atoms with Crippen LogP contribution in [0, 0.1) is 0 Å². The van der Waals surface area contributed by atoms with E-state index in [2.05, 4.69) is 19.4 Å². The molecule has 2 heterocycles. The maximum absolute atomic E-state index is 12.3. The van der Waals surface area contributed by atoms with Crippen LogP contribution in [-0.2, 0) is 4.79 Å². The Bertz CT molecular complexity index is 962.